The Morgan fingerprint density at radius 3 is 2.90 bits per heavy atom. The first-order valence-corrected chi connectivity index (χ1v) is 7.67. The first-order valence-electron chi connectivity index (χ1n) is 7.29. The van der Waals surface area contributed by atoms with Gasteiger partial charge in [0, 0.05) is 23.8 Å². The molecule has 112 valence electrons. The van der Waals surface area contributed by atoms with E-state index in [9.17, 15) is 0 Å². The topological polar surface area (TPSA) is 47.1 Å². The second-order valence-corrected chi connectivity index (χ2v) is 5.73. The molecule has 2 aromatic rings. The summed E-state index contributed by atoms with van der Waals surface area (Å²) in [6, 6.07) is 7.71. The maximum Gasteiger partial charge on any atom is 0.158 e. The van der Waals surface area contributed by atoms with Crippen molar-refractivity contribution in [2.45, 2.75) is 44.7 Å². The van der Waals surface area contributed by atoms with Crippen molar-refractivity contribution in [3.05, 3.63) is 53.1 Å². The van der Waals surface area contributed by atoms with Crippen LogP contribution in [0.2, 0.25) is 5.02 Å². The van der Waals surface area contributed by atoms with Gasteiger partial charge in [0.25, 0.3) is 0 Å². The second kappa shape index (κ2) is 7.07. The van der Waals surface area contributed by atoms with E-state index >= 15 is 0 Å². The van der Waals surface area contributed by atoms with Crippen molar-refractivity contribution in [1.29, 1.82) is 0 Å². The van der Waals surface area contributed by atoms with Crippen molar-refractivity contribution >= 4 is 11.6 Å². The number of aromatic amines is 1. The van der Waals surface area contributed by atoms with E-state index in [1.165, 1.54) is 0 Å². The van der Waals surface area contributed by atoms with E-state index < -0.39 is 0 Å². The lowest BCUT2D eigenvalue weighted by Gasteiger charge is -2.29. The highest BCUT2D eigenvalue weighted by Crippen LogP contribution is 2.23. The number of rotatable bonds is 5. The summed E-state index contributed by atoms with van der Waals surface area (Å²) >= 11 is 5.87. The molecular formula is C16H19ClN2O2. The molecular weight excluding hydrogens is 288 g/mol. The molecule has 21 heavy (non-hydrogen) atoms. The molecule has 0 unspecified atom stereocenters. The summed E-state index contributed by atoms with van der Waals surface area (Å²) in [6.45, 7) is 0.551. The molecule has 1 saturated heterocycles. The van der Waals surface area contributed by atoms with E-state index in [1.807, 2.05) is 30.5 Å². The molecule has 1 aliphatic rings. The van der Waals surface area contributed by atoms with Gasteiger partial charge in [-0.2, -0.15) is 0 Å². The van der Waals surface area contributed by atoms with Crippen molar-refractivity contribution < 1.29 is 9.47 Å². The largest absolute Gasteiger partial charge is 0.349 e. The summed E-state index contributed by atoms with van der Waals surface area (Å²) in [4.78, 5) is 7.37. The third kappa shape index (κ3) is 4.30. The van der Waals surface area contributed by atoms with Gasteiger partial charge in [-0.1, -0.05) is 23.7 Å². The number of benzene rings is 1. The first kappa shape index (κ1) is 14.6. The number of halogens is 1. The minimum Gasteiger partial charge on any atom is -0.349 e. The summed E-state index contributed by atoms with van der Waals surface area (Å²) in [7, 11) is 0. The van der Waals surface area contributed by atoms with Crippen LogP contribution in [0.3, 0.4) is 0 Å². The summed E-state index contributed by atoms with van der Waals surface area (Å²) in [5.74, 6) is 0.971. The quantitative estimate of drug-likeness (QED) is 0.916. The normalized spacial score (nSPS) is 22.3. The Balaban J connectivity index is 1.48. The zero-order valence-corrected chi connectivity index (χ0v) is 12.6. The Kier molecular flexibility index (Phi) is 4.91. The fourth-order valence-electron chi connectivity index (χ4n) is 2.53. The molecule has 5 heteroatoms. The Labute approximate surface area is 129 Å². The van der Waals surface area contributed by atoms with Crippen LogP contribution in [0.1, 0.15) is 30.7 Å². The molecule has 1 aromatic carbocycles. The maximum atomic E-state index is 6.00. The zero-order chi connectivity index (χ0) is 14.5. The number of hydrogen-bond donors (Lipinski definition) is 1. The number of imidazole rings is 1. The van der Waals surface area contributed by atoms with Gasteiger partial charge in [-0.25, -0.2) is 4.98 Å². The molecule has 2 atom stereocenters. The van der Waals surface area contributed by atoms with E-state index in [0.717, 1.165) is 42.1 Å². The lowest BCUT2D eigenvalue weighted by molar-refractivity contribution is -0.199. The van der Waals surface area contributed by atoms with Crippen LogP contribution in [-0.4, -0.2) is 22.4 Å². The minimum absolute atomic E-state index is 0.130. The van der Waals surface area contributed by atoms with E-state index in [-0.39, 0.29) is 12.4 Å². The van der Waals surface area contributed by atoms with Crippen LogP contribution in [-0.2, 0) is 22.5 Å². The van der Waals surface area contributed by atoms with Crippen molar-refractivity contribution in [2.75, 3.05) is 0 Å². The van der Waals surface area contributed by atoms with E-state index in [1.54, 1.807) is 6.20 Å². The van der Waals surface area contributed by atoms with Crippen molar-refractivity contribution in [1.82, 2.24) is 9.97 Å². The summed E-state index contributed by atoms with van der Waals surface area (Å²) in [5, 5.41) is 0.742. The third-order valence-electron chi connectivity index (χ3n) is 3.64. The molecule has 2 heterocycles. The molecule has 1 aliphatic heterocycles. The van der Waals surface area contributed by atoms with Gasteiger partial charge in [0.15, 0.2) is 6.29 Å². The van der Waals surface area contributed by atoms with E-state index in [2.05, 4.69) is 9.97 Å². The molecule has 0 spiro atoms. The summed E-state index contributed by atoms with van der Waals surface area (Å²) in [6.07, 6.45) is 7.60. The van der Waals surface area contributed by atoms with Crippen LogP contribution in [0.15, 0.2) is 36.7 Å². The average molecular weight is 307 g/mol. The molecule has 0 bridgehead atoms. The van der Waals surface area contributed by atoms with Gasteiger partial charge in [0.1, 0.15) is 5.82 Å². The van der Waals surface area contributed by atoms with Gasteiger partial charge in [-0.15, -0.1) is 0 Å². The minimum atomic E-state index is -0.130. The molecule has 4 nitrogen and oxygen atoms in total. The van der Waals surface area contributed by atoms with Crippen molar-refractivity contribution in [2.24, 2.45) is 0 Å². The molecule has 1 aromatic heterocycles. The number of H-pyrrole nitrogens is 1. The van der Waals surface area contributed by atoms with Crippen LogP contribution in [0, 0.1) is 0 Å². The molecule has 0 aliphatic carbocycles. The highest BCUT2D eigenvalue weighted by atomic mass is 35.5. The predicted molar refractivity (Wildman–Crippen MR) is 81.0 cm³/mol. The molecule has 1 fully saturated rings. The van der Waals surface area contributed by atoms with Gasteiger partial charge in [0.2, 0.25) is 0 Å². The van der Waals surface area contributed by atoms with Gasteiger partial charge < -0.3 is 14.5 Å². The lowest BCUT2D eigenvalue weighted by atomic mass is 10.1. The standard InChI is InChI=1S/C16H19ClN2O2/c17-13-6-4-12(5-7-13)11-20-16-3-1-2-14(21-16)10-15-18-8-9-19-15/h4-9,14,16H,1-3,10-11H2,(H,18,19)/t14-,16+/m1/s1. The van der Waals surface area contributed by atoms with E-state index in [4.69, 9.17) is 21.1 Å². The van der Waals surface area contributed by atoms with Crippen molar-refractivity contribution in [3.8, 4) is 0 Å². The van der Waals surface area contributed by atoms with Gasteiger partial charge in [-0.3, -0.25) is 0 Å². The average Bonchev–Trinajstić information content (AvgIpc) is 3.00. The molecule has 0 radical (unpaired) electrons. The first-order chi connectivity index (χ1) is 10.3. The Bertz CT molecular complexity index is 542. The van der Waals surface area contributed by atoms with Crippen LogP contribution in [0.25, 0.3) is 0 Å². The highest BCUT2D eigenvalue weighted by molar-refractivity contribution is 6.30. The number of aromatic nitrogens is 2. The number of ether oxygens (including phenoxy) is 2. The number of nitrogens with zero attached hydrogens (tertiary/aromatic N) is 1. The summed E-state index contributed by atoms with van der Waals surface area (Å²) in [5.41, 5.74) is 1.11. The zero-order valence-electron chi connectivity index (χ0n) is 11.8. The van der Waals surface area contributed by atoms with Crippen LogP contribution >= 0.6 is 11.6 Å². The van der Waals surface area contributed by atoms with Gasteiger partial charge >= 0.3 is 0 Å². The highest BCUT2D eigenvalue weighted by Gasteiger charge is 2.23. The van der Waals surface area contributed by atoms with Gasteiger partial charge in [0.05, 0.1) is 12.7 Å². The second-order valence-electron chi connectivity index (χ2n) is 5.30. The number of nitrogens with one attached hydrogen (secondary N) is 1. The summed E-state index contributed by atoms with van der Waals surface area (Å²) < 4.78 is 11.9. The fraction of sp³-hybridized carbons (Fsp3) is 0.438. The van der Waals surface area contributed by atoms with Crippen LogP contribution in [0.4, 0.5) is 0 Å². The Hall–Kier alpha value is -1.36. The fourth-order valence-corrected chi connectivity index (χ4v) is 2.66. The molecule has 1 N–H and O–H groups in total. The predicted octanol–water partition coefficient (Wildman–Crippen LogP) is 3.72. The molecule has 0 amide bonds. The monoisotopic (exact) mass is 306 g/mol. The van der Waals surface area contributed by atoms with E-state index in [0.29, 0.717) is 6.61 Å². The van der Waals surface area contributed by atoms with Crippen molar-refractivity contribution in [3.63, 3.8) is 0 Å². The van der Waals surface area contributed by atoms with Crippen LogP contribution < -0.4 is 0 Å². The SMILES string of the molecule is Clc1ccc(CO[C@@H]2CCC[C@H](Cc3ncc[nH]3)O2)cc1. The van der Waals surface area contributed by atoms with Gasteiger partial charge in [-0.05, 0) is 37.0 Å². The van der Waals surface area contributed by atoms with Crippen LogP contribution in [0.5, 0.6) is 0 Å². The Morgan fingerprint density at radius 1 is 1.29 bits per heavy atom. The Morgan fingerprint density at radius 2 is 2.14 bits per heavy atom. The number of hydrogen-bond acceptors (Lipinski definition) is 3. The lowest BCUT2D eigenvalue weighted by Crippen LogP contribution is -2.31. The third-order valence-corrected chi connectivity index (χ3v) is 3.89. The molecule has 0 saturated carbocycles. The smallest absolute Gasteiger partial charge is 0.158 e. The molecule has 3 rings (SSSR count). The maximum absolute atomic E-state index is 6.00.